The van der Waals surface area contributed by atoms with Crippen molar-refractivity contribution in [2.24, 2.45) is 23.7 Å². The molecule has 1 rings (SSSR count). The molecule has 3 atom stereocenters. The molecule has 0 radical (unpaired) electrons. The lowest BCUT2D eigenvalue weighted by Crippen LogP contribution is -2.30. The van der Waals surface area contributed by atoms with Crippen LogP contribution in [0.25, 0.3) is 0 Å². The Labute approximate surface area is 90.5 Å². The highest BCUT2D eigenvalue weighted by Crippen LogP contribution is 2.42. The Morgan fingerprint density at radius 1 is 1.14 bits per heavy atom. The molecule has 1 fully saturated rings. The van der Waals surface area contributed by atoms with Crippen molar-refractivity contribution in [3.63, 3.8) is 0 Å². The van der Waals surface area contributed by atoms with Crippen molar-refractivity contribution in [2.45, 2.75) is 66.2 Å². The smallest absolute Gasteiger partial charge is 0.0363 e. The van der Waals surface area contributed by atoms with E-state index in [4.69, 9.17) is 0 Å². The Bertz CT molecular complexity index is 148. The van der Waals surface area contributed by atoms with Gasteiger partial charge in [0.25, 0.3) is 0 Å². The monoisotopic (exact) mass is 196 g/mol. The predicted molar refractivity (Wildman–Crippen MR) is 64.4 cm³/mol. The van der Waals surface area contributed by atoms with Gasteiger partial charge in [0.1, 0.15) is 0 Å². The van der Waals surface area contributed by atoms with E-state index in [1.165, 1.54) is 38.5 Å². The first-order chi connectivity index (χ1) is 6.65. The summed E-state index contributed by atoms with van der Waals surface area (Å²) in [4.78, 5) is 0. The van der Waals surface area contributed by atoms with Gasteiger partial charge in [-0.25, -0.2) is 0 Å². The second-order valence-electron chi connectivity index (χ2n) is 5.69. The van der Waals surface area contributed by atoms with Crippen LogP contribution in [0.1, 0.15) is 66.2 Å². The molecule has 3 unspecified atom stereocenters. The zero-order valence-electron chi connectivity index (χ0n) is 10.6. The number of rotatable bonds is 6. The molecule has 0 amide bonds. The lowest BCUT2D eigenvalue weighted by molar-refractivity contribution is 0.109. The summed E-state index contributed by atoms with van der Waals surface area (Å²) in [6, 6.07) is 0. The van der Waals surface area contributed by atoms with Crippen LogP contribution in [0.2, 0.25) is 0 Å². The summed E-state index contributed by atoms with van der Waals surface area (Å²) in [5, 5.41) is 0. The average Bonchev–Trinajstić information content (AvgIpc) is 2.08. The summed E-state index contributed by atoms with van der Waals surface area (Å²) in [6.45, 7) is 9.49. The molecule has 0 N–H and O–H groups in total. The fraction of sp³-hybridized carbons (Fsp3) is 1.00. The maximum absolute atomic E-state index is 2.39. The highest BCUT2D eigenvalue weighted by molar-refractivity contribution is 4.82. The summed E-state index contributed by atoms with van der Waals surface area (Å²) in [5.41, 5.74) is 0. The minimum Gasteiger partial charge on any atom is -0.0651 e. The molecule has 1 aliphatic carbocycles. The Hall–Kier alpha value is 0. The average molecular weight is 196 g/mol. The molecule has 84 valence electrons. The Morgan fingerprint density at radius 2 is 1.86 bits per heavy atom. The first-order valence-corrected chi connectivity index (χ1v) is 6.65. The second kappa shape index (κ2) is 5.78. The van der Waals surface area contributed by atoms with Gasteiger partial charge in [-0.15, -0.1) is 0 Å². The van der Waals surface area contributed by atoms with E-state index < -0.39 is 0 Å². The highest BCUT2D eigenvalue weighted by atomic mass is 14.4. The normalized spacial score (nSPS) is 28.9. The maximum atomic E-state index is 2.39. The minimum atomic E-state index is 0.928. The molecule has 0 aromatic rings. The fourth-order valence-electron chi connectivity index (χ4n) is 2.76. The van der Waals surface area contributed by atoms with E-state index in [1.54, 1.807) is 0 Å². The van der Waals surface area contributed by atoms with Crippen molar-refractivity contribution in [3.05, 3.63) is 0 Å². The summed E-state index contributed by atoms with van der Waals surface area (Å²) in [7, 11) is 0. The lowest BCUT2D eigenvalue weighted by Gasteiger charge is -2.40. The van der Waals surface area contributed by atoms with Gasteiger partial charge in [0, 0.05) is 0 Å². The van der Waals surface area contributed by atoms with Crippen LogP contribution < -0.4 is 0 Å². The van der Waals surface area contributed by atoms with Crippen molar-refractivity contribution in [2.75, 3.05) is 0 Å². The van der Waals surface area contributed by atoms with Crippen LogP contribution >= 0.6 is 0 Å². The van der Waals surface area contributed by atoms with Crippen LogP contribution in [0.5, 0.6) is 0 Å². The maximum Gasteiger partial charge on any atom is -0.0363 e. The van der Waals surface area contributed by atoms with Crippen LogP contribution in [0, 0.1) is 23.7 Å². The molecular formula is C14H28. The van der Waals surface area contributed by atoms with Crippen molar-refractivity contribution < 1.29 is 0 Å². The second-order valence-corrected chi connectivity index (χ2v) is 5.69. The predicted octanol–water partition coefficient (Wildman–Crippen LogP) is 4.89. The van der Waals surface area contributed by atoms with E-state index in [9.17, 15) is 0 Å². The number of hydrogen-bond acceptors (Lipinski definition) is 0. The molecule has 0 heterocycles. The minimum absolute atomic E-state index is 0.928. The van der Waals surface area contributed by atoms with Crippen LogP contribution in [0.15, 0.2) is 0 Å². The van der Waals surface area contributed by atoms with Gasteiger partial charge in [0.2, 0.25) is 0 Å². The largest absolute Gasteiger partial charge is 0.0651 e. The summed E-state index contributed by atoms with van der Waals surface area (Å²) < 4.78 is 0. The zero-order valence-corrected chi connectivity index (χ0v) is 10.6. The van der Waals surface area contributed by atoms with E-state index in [1.807, 2.05) is 0 Å². The summed E-state index contributed by atoms with van der Waals surface area (Å²) in [5.74, 6) is 4.02. The van der Waals surface area contributed by atoms with Crippen LogP contribution in [0.3, 0.4) is 0 Å². The van der Waals surface area contributed by atoms with Gasteiger partial charge in [-0.3, -0.25) is 0 Å². The molecular weight excluding hydrogens is 168 g/mol. The third-order valence-corrected chi connectivity index (χ3v) is 4.30. The fourth-order valence-corrected chi connectivity index (χ4v) is 2.76. The Balaban J connectivity index is 2.07. The lowest BCUT2D eigenvalue weighted by atomic mass is 9.66. The van der Waals surface area contributed by atoms with Gasteiger partial charge in [0.05, 0.1) is 0 Å². The van der Waals surface area contributed by atoms with E-state index in [2.05, 4.69) is 27.7 Å². The Kier molecular flexibility index (Phi) is 4.98. The van der Waals surface area contributed by atoms with Crippen molar-refractivity contribution in [3.8, 4) is 0 Å². The van der Waals surface area contributed by atoms with E-state index >= 15 is 0 Å². The molecule has 0 aliphatic heterocycles. The van der Waals surface area contributed by atoms with Crippen molar-refractivity contribution in [1.29, 1.82) is 0 Å². The first-order valence-electron chi connectivity index (χ1n) is 6.65. The van der Waals surface area contributed by atoms with Gasteiger partial charge in [-0.2, -0.15) is 0 Å². The molecule has 0 bridgehead atoms. The molecule has 14 heavy (non-hydrogen) atoms. The third kappa shape index (κ3) is 3.29. The topological polar surface area (TPSA) is 0 Å². The van der Waals surface area contributed by atoms with Gasteiger partial charge in [0.15, 0.2) is 0 Å². The standard InChI is InChI=1S/C14H28/c1-5-12(4)7-6-8-13-9-10-14(13)11(2)3/h11-14H,5-10H2,1-4H3. The molecule has 0 aromatic carbocycles. The van der Waals surface area contributed by atoms with Crippen LogP contribution in [0.4, 0.5) is 0 Å². The molecule has 1 aliphatic rings. The Morgan fingerprint density at radius 3 is 2.29 bits per heavy atom. The molecule has 0 aromatic heterocycles. The first kappa shape index (κ1) is 12.1. The molecule has 0 heteroatoms. The molecule has 1 saturated carbocycles. The van der Waals surface area contributed by atoms with Crippen LogP contribution in [-0.2, 0) is 0 Å². The van der Waals surface area contributed by atoms with E-state index in [-0.39, 0.29) is 0 Å². The number of hydrogen-bond donors (Lipinski definition) is 0. The molecule has 0 spiro atoms. The van der Waals surface area contributed by atoms with Gasteiger partial charge in [-0.05, 0) is 36.5 Å². The van der Waals surface area contributed by atoms with Crippen molar-refractivity contribution >= 4 is 0 Å². The van der Waals surface area contributed by atoms with E-state index in [0.29, 0.717) is 0 Å². The summed E-state index contributed by atoms with van der Waals surface area (Å²) >= 11 is 0. The zero-order chi connectivity index (χ0) is 10.6. The van der Waals surface area contributed by atoms with Gasteiger partial charge in [-0.1, -0.05) is 53.4 Å². The molecule has 0 nitrogen and oxygen atoms in total. The SMILES string of the molecule is CCC(C)CCCC1CCC1C(C)C. The highest BCUT2D eigenvalue weighted by Gasteiger charge is 2.32. The quantitative estimate of drug-likeness (QED) is 0.567. The van der Waals surface area contributed by atoms with Crippen LogP contribution in [-0.4, -0.2) is 0 Å². The summed E-state index contributed by atoms with van der Waals surface area (Å²) in [6.07, 6.45) is 8.82. The third-order valence-electron chi connectivity index (χ3n) is 4.30. The van der Waals surface area contributed by atoms with Crippen molar-refractivity contribution in [1.82, 2.24) is 0 Å². The van der Waals surface area contributed by atoms with Gasteiger partial charge >= 0.3 is 0 Å². The van der Waals surface area contributed by atoms with E-state index in [0.717, 1.165) is 23.7 Å². The van der Waals surface area contributed by atoms with Gasteiger partial charge < -0.3 is 0 Å². The molecule has 0 saturated heterocycles.